The van der Waals surface area contributed by atoms with Crippen LogP contribution in [-0.2, 0) is 4.74 Å². The number of guanidine groups is 1. The molecule has 21 heavy (non-hydrogen) atoms. The summed E-state index contributed by atoms with van der Waals surface area (Å²) in [6, 6.07) is 0. The van der Waals surface area contributed by atoms with Crippen molar-refractivity contribution < 1.29 is 4.74 Å². The van der Waals surface area contributed by atoms with Crippen LogP contribution in [0.4, 0.5) is 0 Å². The van der Waals surface area contributed by atoms with Crippen molar-refractivity contribution in [2.75, 3.05) is 45.1 Å². The molecule has 1 unspecified atom stereocenters. The Kier molecular flexibility index (Phi) is 10.1. The van der Waals surface area contributed by atoms with E-state index in [9.17, 15) is 0 Å². The molecule has 0 bridgehead atoms. The summed E-state index contributed by atoms with van der Waals surface area (Å²) >= 11 is 2.10. The summed E-state index contributed by atoms with van der Waals surface area (Å²) in [4.78, 5) is 7.13. The fraction of sp³-hybridized carbons (Fsp3) is 0.933. The molecule has 124 valence electrons. The van der Waals surface area contributed by atoms with Crippen LogP contribution in [0.25, 0.3) is 0 Å². The minimum absolute atomic E-state index is 0. The Labute approximate surface area is 150 Å². The first-order valence-corrected chi connectivity index (χ1v) is 9.11. The molecule has 0 radical (unpaired) electrons. The van der Waals surface area contributed by atoms with Crippen molar-refractivity contribution in [2.45, 2.75) is 38.4 Å². The average molecular weight is 427 g/mol. The molecule has 0 aromatic heterocycles. The fourth-order valence-electron chi connectivity index (χ4n) is 2.34. The maximum atomic E-state index is 5.66. The Morgan fingerprint density at radius 2 is 2.19 bits per heavy atom. The van der Waals surface area contributed by atoms with Gasteiger partial charge < -0.3 is 15.0 Å². The number of halogens is 1. The van der Waals surface area contributed by atoms with Crippen LogP contribution in [0.3, 0.4) is 0 Å². The van der Waals surface area contributed by atoms with Crippen molar-refractivity contribution in [3.05, 3.63) is 0 Å². The first kappa shape index (κ1) is 19.4. The normalized spacial score (nSPS) is 22.9. The zero-order chi connectivity index (χ0) is 14.2. The van der Waals surface area contributed by atoms with E-state index < -0.39 is 0 Å². The maximum Gasteiger partial charge on any atom is 0.194 e. The van der Waals surface area contributed by atoms with Gasteiger partial charge in [0.15, 0.2) is 5.96 Å². The van der Waals surface area contributed by atoms with Crippen LogP contribution in [0.2, 0.25) is 0 Å². The summed E-state index contributed by atoms with van der Waals surface area (Å²) in [7, 11) is 0. The third-order valence-corrected chi connectivity index (χ3v) is 5.15. The van der Waals surface area contributed by atoms with E-state index in [4.69, 9.17) is 9.73 Å². The van der Waals surface area contributed by atoms with Gasteiger partial charge in [0.2, 0.25) is 0 Å². The predicted molar refractivity (Wildman–Crippen MR) is 103 cm³/mol. The van der Waals surface area contributed by atoms with E-state index in [1.165, 1.54) is 25.0 Å². The summed E-state index contributed by atoms with van der Waals surface area (Å²) in [6.07, 6.45) is 3.95. The highest BCUT2D eigenvalue weighted by atomic mass is 127. The molecule has 1 aliphatic carbocycles. The van der Waals surface area contributed by atoms with Gasteiger partial charge in [0.1, 0.15) is 0 Å². The summed E-state index contributed by atoms with van der Waals surface area (Å²) in [5.74, 6) is 3.12. The van der Waals surface area contributed by atoms with Crippen molar-refractivity contribution in [3.8, 4) is 0 Å². The number of hydrogen-bond acceptors (Lipinski definition) is 3. The standard InChI is InChI=1S/C15H29N3OS.HI/c1-3-14-11-18(8-10-20-14)15(16-4-2)17-7-9-19-12-13-5-6-13;/h13-14H,3-12H2,1-2H3,(H,16,17);1H. The predicted octanol–water partition coefficient (Wildman–Crippen LogP) is 2.82. The molecule has 1 N–H and O–H groups in total. The number of nitrogens with one attached hydrogen (secondary N) is 1. The second-order valence-electron chi connectivity index (χ2n) is 5.60. The summed E-state index contributed by atoms with van der Waals surface area (Å²) < 4.78 is 5.66. The van der Waals surface area contributed by atoms with E-state index >= 15 is 0 Å². The molecule has 0 amide bonds. The van der Waals surface area contributed by atoms with Crippen LogP contribution < -0.4 is 5.32 Å². The molecular weight excluding hydrogens is 397 g/mol. The van der Waals surface area contributed by atoms with Crippen LogP contribution in [0, 0.1) is 5.92 Å². The molecular formula is C15H30IN3OS. The third kappa shape index (κ3) is 7.41. The lowest BCUT2D eigenvalue weighted by atomic mass is 10.3. The lowest BCUT2D eigenvalue weighted by Gasteiger charge is -2.34. The monoisotopic (exact) mass is 427 g/mol. The summed E-state index contributed by atoms with van der Waals surface area (Å²) in [6.45, 7) is 10.0. The molecule has 1 aliphatic heterocycles. The van der Waals surface area contributed by atoms with Gasteiger partial charge in [-0.3, -0.25) is 4.99 Å². The molecule has 1 saturated carbocycles. The Morgan fingerprint density at radius 1 is 1.38 bits per heavy atom. The highest BCUT2D eigenvalue weighted by Gasteiger charge is 2.22. The summed E-state index contributed by atoms with van der Waals surface area (Å²) in [5.41, 5.74) is 0. The van der Waals surface area contributed by atoms with E-state index in [0.717, 1.165) is 56.5 Å². The van der Waals surface area contributed by atoms with Gasteiger partial charge in [0.05, 0.1) is 13.2 Å². The minimum Gasteiger partial charge on any atom is -0.379 e. The molecule has 1 saturated heterocycles. The third-order valence-electron chi connectivity index (χ3n) is 3.78. The van der Waals surface area contributed by atoms with Gasteiger partial charge in [-0.25, -0.2) is 0 Å². The molecule has 1 atom stereocenters. The van der Waals surface area contributed by atoms with Crippen molar-refractivity contribution >= 4 is 41.7 Å². The second kappa shape index (κ2) is 10.9. The van der Waals surface area contributed by atoms with Gasteiger partial charge in [0, 0.05) is 37.2 Å². The first-order valence-electron chi connectivity index (χ1n) is 8.06. The van der Waals surface area contributed by atoms with Gasteiger partial charge in [-0.15, -0.1) is 24.0 Å². The lowest BCUT2D eigenvalue weighted by molar-refractivity contribution is 0.131. The lowest BCUT2D eigenvalue weighted by Crippen LogP contribution is -2.48. The van der Waals surface area contributed by atoms with Crippen LogP contribution >= 0.6 is 35.7 Å². The van der Waals surface area contributed by atoms with Crippen molar-refractivity contribution in [2.24, 2.45) is 10.9 Å². The second-order valence-corrected chi connectivity index (χ2v) is 7.01. The molecule has 2 rings (SSSR count). The smallest absolute Gasteiger partial charge is 0.194 e. The van der Waals surface area contributed by atoms with Gasteiger partial charge in [-0.2, -0.15) is 11.8 Å². The molecule has 0 aromatic carbocycles. The minimum atomic E-state index is 0. The molecule has 4 nitrogen and oxygen atoms in total. The van der Waals surface area contributed by atoms with E-state index in [0.29, 0.717) is 0 Å². The van der Waals surface area contributed by atoms with Crippen LogP contribution in [0.15, 0.2) is 4.99 Å². The van der Waals surface area contributed by atoms with Crippen molar-refractivity contribution in [3.63, 3.8) is 0 Å². The molecule has 0 spiro atoms. The average Bonchev–Trinajstić information content (AvgIpc) is 3.30. The Morgan fingerprint density at radius 3 is 2.86 bits per heavy atom. The number of thioether (sulfide) groups is 1. The van der Waals surface area contributed by atoms with E-state index in [-0.39, 0.29) is 24.0 Å². The van der Waals surface area contributed by atoms with Crippen LogP contribution in [0.1, 0.15) is 33.1 Å². The molecule has 6 heteroatoms. The fourth-order valence-corrected chi connectivity index (χ4v) is 3.52. The molecule has 1 heterocycles. The largest absolute Gasteiger partial charge is 0.379 e. The van der Waals surface area contributed by atoms with Gasteiger partial charge >= 0.3 is 0 Å². The molecule has 0 aromatic rings. The Balaban J connectivity index is 0.00000220. The summed E-state index contributed by atoms with van der Waals surface area (Å²) in [5, 5.41) is 4.17. The maximum absolute atomic E-state index is 5.66. The van der Waals surface area contributed by atoms with Crippen molar-refractivity contribution in [1.82, 2.24) is 10.2 Å². The zero-order valence-electron chi connectivity index (χ0n) is 13.3. The topological polar surface area (TPSA) is 36.9 Å². The van der Waals surface area contributed by atoms with E-state index in [1.54, 1.807) is 0 Å². The number of nitrogens with zero attached hydrogens (tertiary/aromatic N) is 2. The van der Waals surface area contributed by atoms with E-state index in [2.05, 4.69) is 35.8 Å². The highest BCUT2D eigenvalue weighted by molar-refractivity contribution is 14.0. The van der Waals surface area contributed by atoms with Crippen LogP contribution in [-0.4, -0.2) is 61.3 Å². The molecule has 2 fully saturated rings. The zero-order valence-corrected chi connectivity index (χ0v) is 16.5. The van der Waals surface area contributed by atoms with Gasteiger partial charge in [-0.1, -0.05) is 6.92 Å². The number of hydrogen-bond donors (Lipinski definition) is 1. The highest BCUT2D eigenvalue weighted by Crippen LogP contribution is 2.28. The van der Waals surface area contributed by atoms with Gasteiger partial charge in [-0.05, 0) is 32.1 Å². The number of rotatable bonds is 7. The Hall–Kier alpha value is 0.310. The van der Waals surface area contributed by atoms with Crippen LogP contribution in [0.5, 0.6) is 0 Å². The first-order chi connectivity index (χ1) is 9.83. The SMILES string of the molecule is CCNC(=NCCOCC1CC1)N1CCSC(CC)C1.I. The number of ether oxygens (including phenoxy) is 1. The molecule has 2 aliphatic rings. The van der Waals surface area contributed by atoms with Crippen molar-refractivity contribution in [1.29, 1.82) is 0 Å². The quantitative estimate of drug-likeness (QED) is 0.294. The van der Waals surface area contributed by atoms with Gasteiger partial charge in [0.25, 0.3) is 0 Å². The van der Waals surface area contributed by atoms with E-state index in [1.807, 2.05) is 0 Å². The number of aliphatic imine (C=N–C) groups is 1. The Bertz CT molecular complexity index is 313.